The average molecular weight is 615 g/mol. The fraction of sp³-hybridized carbons (Fsp3) is 0.367. The smallest absolute Gasteiger partial charge is 0.385 e. The summed E-state index contributed by atoms with van der Waals surface area (Å²) in [5.74, 6) is 0.166. The molecule has 1 aliphatic rings. The van der Waals surface area contributed by atoms with E-state index in [2.05, 4.69) is 25.5 Å². The van der Waals surface area contributed by atoms with E-state index < -0.39 is 23.6 Å². The molecule has 2 aromatic carbocycles. The van der Waals surface area contributed by atoms with Crippen LogP contribution >= 0.6 is 0 Å². The Morgan fingerprint density at radius 1 is 1.09 bits per heavy atom. The number of urea groups is 1. The number of halogens is 4. The van der Waals surface area contributed by atoms with Gasteiger partial charge in [-0.3, -0.25) is 9.30 Å². The first kappa shape index (κ1) is 31.2. The van der Waals surface area contributed by atoms with E-state index in [1.165, 1.54) is 24.3 Å². The van der Waals surface area contributed by atoms with Gasteiger partial charge in [-0.15, -0.1) is 0 Å². The van der Waals surface area contributed by atoms with Crippen molar-refractivity contribution in [2.45, 2.75) is 25.6 Å². The molecule has 14 heteroatoms. The third-order valence-electron chi connectivity index (χ3n) is 7.56. The van der Waals surface area contributed by atoms with Crippen LogP contribution < -0.4 is 16.4 Å². The fourth-order valence-electron chi connectivity index (χ4n) is 5.23. The number of amides is 2. The number of aromatic nitrogens is 3. The molecule has 5 rings (SSSR count). The molecular formula is C30H34F4N8O2. The minimum Gasteiger partial charge on any atom is -0.385 e. The van der Waals surface area contributed by atoms with Crippen LogP contribution in [0.15, 0.2) is 48.8 Å². The van der Waals surface area contributed by atoms with E-state index in [0.717, 1.165) is 19.2 Å². The van der Waals surface area contributed by atoms with Gasteiger partial charge in [0.15, 0.2) is 0 Å². The number of likely N-dealkylation sites (N-methyl/N-ethyl adjacent to an activating group) is 1. The van der Waals surface area contributed by atoms with Gasteiger partial charge >= 0.3 is 12.2 Å². The van der Waals surface area contributed by atoms with Crippen molar-refractivity contribution < 1.29 is 27.1 Å². The maximum atomic E-state index is 15.2. The van der Waals surface area contributed by atoms with Gasteiger partial charge in [-0.1, -0.05) is 12.1 Å². The number of nitrogens with two attached hydrogens (primary N) is 1. The van der Waals surface area contributed by atoms with Gasteiger partial charge in [0.2, 0.25) is 0 Å². The van der Waals surface area contributed by atoms with E-state index >= 15 is 4.39 Å². The molecule has 10 nitrogen and oxygen atoms in total. The lowest BCUT2D eigenvalue weighted by Gasteiger charge is -2.33. The molecule has 0 spiro atoms. The zero-order valence-electron chi connectivity index (χ0n) is 24.4. The number of carbonyl (C=O) groups is 1. The Balaban J connectivity index is 1.31. The maximum Gasteiger partial charge on any atom is 0.416 e. The molecule has 3 heterocycles. The first-order valence-electron chi connectivity index (χ1n) is 14.1. The summed E-state index contributed by atoms with van der Waals surface area (Å²) in [7, 11) is 3.59. The van der Waals surface area contributed by atoms with Gasteiger partial charge in [0.05, 0.1) is 11.3 Å². The molecule has 0 bridgehead atoms. The number of anilines is 3. The quantitative estimate of drug-likeness (QED) is 0.178. The van der Waals surface area contributed by atoms with Crippen LogP contribution in [0.25, 0.3) is 16.8 Å². The van der Waals surface area contributed by atoms with E-state index in [-0.39, 0.29) is 29.3 Å². The lowest BCUT2D eigenvalue weighted by molar-refractivity contribution is -0.138. The number of fused-ring (bicyclic) bond motifs is 1. The molecule has 4 N–H and O–H groups in total. The number of hydrogen-bond acceptors (Lipinski definition) is 7. The Morgan fingerprint density at radius 2 is 1.86 bits per heavy atom. The first-order chi connectivity index (χ1) is 21.0. The molecule has 2 aromatic heterocycles. The first-order valence-corrected chi connectivity index (χ1v) is 14.1. The second-order valence-corrected chi connectivity index (χ2v) is 10.7. The molecule has 1 saturated heterocycles. The Hall–Kier alpha value is -4.27. The zero-order chi connectivity index (χ0) is 31.4. The number of methoxy groups -OCH3 is 1. The van der Waals surface area contributed by atoms with Crippen LogP contribution in [0.3, 0.4) is 0 Å². The molecule has 0 radical (unpaired) electrons. The lowest BCUT2D eigenvalue weighted by atomic mass is 10.0. The van der Waals surface area contributed by atoms with Crippen molar-refractivity contribution in [2.24, 2.45) is 0 Å². The Kier molecular flexibility index (Phi) is 9.32. The van der Waals surface area contributed by atoms with Crippen molar-refractivity contribution in [3.8, 4) is 11.3 Å². The summed E-state index contributed by atoms with van der Waals surface area (Å²) in [6.45, 7) is 3.57. The molecule has 4 aromatic rings. The van der Waals surface area contributed by atoms with Crippen LogP contribution in [0, 0.1) is 5.82 Å². The van der Waals surface area contributed by atoms with E-state index in [4.69, 9.17) is 10.5 Å². The van der Waals surface area contributed by atoms with Crippen LogP contribution in [-0.4, -0.2) is 77.1 Å². The number of nitrogen functional groups attached to an aromatic ring is 1. The molecule has 0 unspecified atom stereocenters. The van der Waals surface area contributed by atoms with Crippen molar-refractivity contribution >= 4 is 28.7 Å². The molecule has 44 heavy (non-hydrogen) atoms. The van der Waals surface area contributed by atoms with E-state index in [9.17, 15) is 18.0 Å². The Morgan fingerprint density at radius 3 is 2.57 bits per heavy atom. The second-order valence-electron chi connectivity index (χ2n) is 10.7. The third-order valence-corrected chi connectivity index (χ3v) is 7.56. The number of nitrogens with zero attached hydrogens (tertiary/aromatic N) is 5. The predicted molar refractivity (Wildman–Crippen MR) is 160 cm³/mol. The number of carbonyl (C=O) groups excluding carboxylic acids is 1. The number of nitrogens with one attached hydrogen (secondary N) is 2. The number of ether oxygens (including phenoxy) is 1. The zero-order valence-corrected chi connectivity index (χ0v) is 24.4. The monoisotopic (exact) mass is 614 g/mol. The van der Waals surface area contributed by atoms with Crippen LogP contribution in [0.5, 0.6) is 0 Å². The maximum absolute atomic E-state index is 15.2. The Labute approximate surface area is 251 Å². The lowest BCUT2D eigenvalue weighted by Crippen LogP contribution is -2.44. The van der Waals surface area contributed by atoms with Crippen LogP contribution in [0.2, 0.25) is 0 Å². The van der Waals surface area contributed by atoms with Crippen molar-refractivity contribution in [1.29, 1.82) is 0 Å². The van der Waals surface area contributed by atoms with E-state index in [1.807, 2.05) is 11.9 Å². The van der Waals surface area contributed by atoms with Crippen LogP contribution in [-0.2, 0) is 23.9 Å². The minimum atomic E-state index is -4.61. The van der Waals surface area contributed by atoms with Gasteiger partial charge in [0.1, 0.15) is 28.7 Å². The fourth-order valence-corrected chi connectivity index (χ4v) is 5.23. The molecule has 1 aliphatic heterocycles. The van der Waals surface area contributed by atoms with Gasteiger partial charge < -0.3 is 26.0 Å². The minimum absolute atomic E-state index is 0.0672. The second kappa shape index (κ2) is 13.2. The number of piperazine rings is 1. The van der Waals surface area contributed by atoms with Gasteiger partial charge in [-0.05, 0) is 43.3 Å². The summed E-state index contributed by atoms with van der Waals surface area (Å²) in [5, 5.41) is 4.76. The van der Waals surface area contributed by atoms with Crippen molar-refractivity contribution in [3.05, 3.63) is 71.6 Å². The predicted octanol–water partition coefficient (Wildman–Crippen LogP) is 5.11. The van der Waals surface area contributed by atoms with Gasteiger partial charge in [-0.2, -0.15) is 13.2 Å². The highest BCUT2D eigenvalue weighted by Crippen LogP contribution is 2.35. The molecule has 0 atom stereocenters. The molecule has 0 aliphatic carbocycles. The van der Waals surface area contributed by atoms with Gasteiger partial charge in [-0.25, -0.2) is 19.2 Å². The summed E-state index contributed by atoms with van der Waals surface area (Å²) in [6, 6.07) is 6.92. The summed E-state index contributed by atoms with van der Waals surface area (Å²) in [5.41, 5.74) is 6.56. The third kappa shape index (κ3) is 7.09. The van der Waals surface area contributed by atoms with Crippen LogP contribution in [0.1, 0.15) is 23.4 Å². The largest absolute Gasteiger partial charge is 0.416 e. The number of hydrogen-bond donors (Lipinski definition) is 3. The number of benzene rings is 2. The number of alkyl halides is 3. The van der Waals surface area contributed by atoms with Gasteiger partial charge in [0.25, 0.3) is 0 Å². The standard InChI is InChI=1S/C30H34F4N8O2/c1-40-11-13-41(14-12-40)18-20-5-7-21(17-22(20)30(32,33)34)37-29(43)38-24-8-6-19(16-23(24)31)26-27-28(35)36-9-10-42(27)25(39-26)4-3-15-44-2/h5-10,16-17H,3-4,11-15,18H2,1-2H3,(H2,35,36)(H2,37,38,43). The molecule has 2 amide bonds. The molecule has 1 fully saturated rings. The normalized spacial score (nSPS) is 14.7. The topological polar surface area (TPSA) is 113 Å². The molecule has 234 valence electrons. The van der Waals surface area contributed by atoms with E-state index in [1.54, 1.807) is 30.0 Å². The summed E-state index contributed by atoms with van der Waals surface area (Å²) in [6.07, 6.45) is -0.0265. The highest BCUT2D eigenvalue weighted by atomic mass is 19.4. The van der Waals surface area contributed by atoms with Crippen molar-refractivity contribution in [3.63, 3.8) is 0 Å². The van der Waals surface area contributed by atoms with Crippen molar-refractivity contribution in [2.75, 3.05) is 63.3 Å². The van der Waals surface area contributed by atoms with Gasteiger partial charge in [0, 0.05) is 76.5 Å². The highest BCUT2D eigenvalue weighted by Gasteiger charge is 2.34. The number of rotatable bonds is 9. The summed E-state index contributed by atoms with van der Waals surface area (Å²) < 4.78 is 63.9. The number of aryl methyl sites for hydroxylation is 1. The molecular weight excluding hydrogens is 580 g/mol. The average Bonchev–Trinajstić information content (AvgIpc) is 3.35. The number of imidazole rings is 1. The van der Waals surface area contributed by atoms with Crippen LogP contribution in [0.4, 0.5) is 39.5 Å². The Bertz CT molecular complexity index is 1630. The summed E-state index contributed by atoms with van der Waals surface area (Å²) in [4.78, 5) is 25.6. The highest BCUT2D eigenvalue weighted by molar-refractivity contribution is 6.00. The summed E-state index contributed by atoms with van der Waals surface area (Å²) >= 11 is 0. The van der Waals surface area contributed by atoms with Crippen molar-refractivity contribution in [1.82, 2.24) is 24.2 Å². The molecule has 0 saturated carbocycles. The van der Waals surface area contributed by atoms with E-state index in [0.29, 0.717) is 55.1 Å². The SMILES string of the molecule is COCCCc1nc(-c2ccc(NC(=O)Nc3ccc(CN4CCN(C)CC4)c(C(F)(F)F)c3)c(F)c2)c2c(N)nccn12.